The van der Waals surface area contributed by atoms with Gasteiger partial charge in [0.15, 0.2) is 6.10 Å². The number of nitrogens with zero attached hydrogens (tertiary/aromatic N) is 1. The van der Waals surface area contributed by atoms with Gasteiger partial charge in [-0.15, -0.1) is 11.8 Å². The summed E-state index contributed by atoms with van der Waals surface area (Å²) >= 11 is 1.65. The first kappa shape index (κ1) is 21.7. The molecule has 3 aromatic rings. The Morgan fingerprint density at radius 1 is 0.939 bits per heavy atom. The van der Waals surface area contributed by atoms with Crippen LogP contribution < -0.4 is 5.32 Å². The second-order valence-corrected chi connectivity index (χ2v) is 9.87. The summed E-state index contributed by atoms with van der Waals surface area (Å²) < 4.78 is -0.580. The number of benzene rings is 3. The van der Waals surface area contributed by atoms with Crippen molar-refractivity contribution in [1.82, 2.24) is 5.32 Å². The van der Waals surface area contributed by atoms with E-state index in [0.29, 0.717) is 6.42 Å². The number of β-lactam (4-membered cyclic amide) rings is 1. The molecule has 1 amide bonds. The van der Waals surface area contributed by atoms with Crippen LogP contribution in [0.15, 0.2) is 96.2 Å². The normalized spacial score (nSPS) is 23.2. The SMILES string of the molecule is CC1=NOC(C(O)C2C(=O)NC2SC(c2ccccc2)(c2ccccc2)c2ccccc2)C1. The molecular weight excluding hydrogens is 432 g/mol. The Labute approximate surface area is 197 Å². The molecule has 2 aliphatic heterocycles. The Hall–Kier alpha value is -3.09. The maximum absolute atomic E-state index is 12.6. The van der Waals surface area contributed by atoms with E-state index in [1.165, 1.54) is 0 Å². The van der Waals surface area contributed by atoms with Crippen molar-refractivity contribution in [2.45, 2.75) is 35.7 Å². The van der Waals surface area contributed by atoms with Crippen LogP contribution in [0, 0.1) is 5.92 Å². The zero-order valence-corrected chi connectivity index (χ0v) is 19.1. The van der Waals surface area contributed by atoms with E-state index >= 15 is 0 Å². The van der Waals surface area contributed by atoms with Crippen LogP contribution in [0.3, 0.4) is 0 Å². The lowest BCUT2D eigenvalue weighted by Crippen LogP contribution is -2.63. The molecule has 0 aromatic heterocycles. The second kappa shape index (κ2) is 9.04. The highest BCUT2D eigenvalue weighted by Crippen LogP contribution is 2.52. The molecular formula is C27H26N2O3S. The van der Waals surface area contributed by atoms with Crippen LogP contribution in [-0.4, -0.2) is 34.3 Å². The summed E-state index contributed by atoms with van der Waals surface area (Å²) in [6.07, 6.45) is -0.898. The number of hydrogen-bond donors (Lipinski definition) is 2. The maximum atomic E-state index is 12.6. The van der Waals surface area contributed by atoms with Crippen LogP contribution in [0.2, 0.25) is 0 Å². The third-order valence-corrected chi connectivity index (χ3v) is 8.07. The Morgan fingerprint density at radius 2 is 1.42 bits per heavy atom. The van der Waals surface area contributed by atoms with Gasteiger partial charge >= 0.3 is 0 Å². The van der Waals surface area contributed by atoms with E-state index in [0.717, 1.165) is 22.4 Å². The van der Waals surface area contributed by atoms with E-state index in [2.05, 4.69) is 46.9 Å². The molecule has 0 radical (unpaired) electrons. The van der Waals surface area contributed by atoms with E-state index in [4.69, 9.17) is 4.84 Å². The molecule has 3 aromatic carbocycles. The molecule has 4 unspecified atom stereocenters. The summed E-state index contributed by atoms with van der Waals surface area (Å²) in [5, 5.41) is 17.8. The molecule has 0 spiro atoms. The average Bonchev–Trinajstić information content (AvgIpc) is 3.30. The van der Waals surface area contributed by atoms with Crippen LogP contribution in [0.5, 0.6) is 0 Å². The highest BCUT2D eigenvalue weighted by Gasteiger charge is 2.52. The number of oxime groups is 1. The molecule has 6 heteroatoms. The van der Waals surface area contributed by atoms with Crippen molar-refractivity contribution in [3.8, 4) is 0 Å². The predicted molar refractivity (Wildman–Crippen MR) is 131 cm³/mol. The molecule has 2 aliphatic rings. The topological polar surface area (TPSA) is 70.9 Å². The van der Waals surface area contributed by atoms with Crippen molar-refractivity contribution in [3.63, 3.8) is 0 Å². The minimum Gasteiger partial charge on any atom is -0.389 e. The van der Waals surface area contributed by atoms with Gasteiger partial charge in [-0.25, -0.2) is 0 Å². The molecule has 4 atom stereocenters. The summed E-state index contributed by atoms with van der Waals surface area (Å²) in [4.78, 5) is 18.1. The first-order valence-corrected chi connectivity index (χ1v) is 12.0. The fourth-order valence-corrected chi connectivity index (χ4v) is 6.46. The van der Waals surface area contributed by atoms with E-state index in [-0.39, 0.29) is 11.3 Å². The fraction of sp³-hybridized carbons (Fsp3) is 0.259. The minimum atomic E-state index is -0.933. The van der Waals surface area contributed by atoms with Gasteiger partial charge in [-0.2, -0.15) is 0 Å². The van der Waals surface area contributed by atoms with Crippen molar-refractivity contribution in [3.05, 3.63) is 108 Å². The summed E-state index contributed by atoms with van der Waals surface area (Å²) in [5.74, 6) is -0.743. The third kappa shape index (κ3) is 3.94. The van der Waals surface area contributed by atoms with Crippen molar-refractivity contribution in [1.29, 1.82) is 0 Å². The molecule has 33 heavy (non-hydrogen) atoms. The lowest BCUT2D eigenvalue weighted by atomic mass is 9.84. The van der Waals surface area contributed by atoms with Gasteiger partial charge in [0.1, 0.15) is 6.10 Å². The molecule has 5 rings (SSSR count). The number of rotatable bonds is 7. The van der Waals surface area contributed by atoms with Crippen molar-refractivity contribution in [2.75, 3.05) is 0 Å². The highest BCUT2D eigenvalue weighted by atomic mass is 32.2. The first-order valence-electron chi connectivity index (χ1n) is 11.1. The zero-order valence-electron chi connectivity index (χ0n) is 18.3. The Balaban J connectivity index is 1.57. The standard InChI is InChI=1S/C27H26N2O3S/c1-18-17-22(32-29-18)24(30)23-25(31)28-26(23)33-27(19-11-5-2-6-12-19,20-13-7-3-8-14-20)21-15-9-4-10-16-21/h2-16,22-24,26,30H,17H2,1H3,(H,28,31). The van der Waals surface area contributed by atoms with E-state index < -0.39 is 22.9 Å². The van der Waals surface area contributed by atoms with Gasteiger partial charge in [0.05, 0.1) is 21.8 Å². The maximum Gasteiger partial charge on any atom is 0.229 e. The zero-order chi connectivity index (χ0) is 22.8. The molecule has 2 N–H and O–H groups in total. The molecule has 1 fully saturated rings. The number of carbonyl (C=O) groups excluding carboxylic acids is 1. The summed E-state index contributed by atoms with van der Waals surface area (Å²) in [7, 11) is 0. The number of carbonyl (C=O) groups is 1. The quantitative estimate of drug-likeness (QED) is 0.409. The fourth-order valence-electron chi connectivity index (χ4n) is 4.66. The van der Waals surface area contributed by atoms with Gasteiger partial charge in [0, 0.05) is 6.42 Å². The summed E-state index contributed by atoms with van der Waals surface area (Å²) in [6, 6.07) is 31.0. The second-order valence-electron chi connectivity index (χ2n) is 8.52. The number of amides is 1. The lowest BCUT2D eigenvalue weighted by Gasteiger charge is -2.46. The average molecular weight is 459 g/mol. The number of aliphatic hydroxyl groups is 1. The molecule has 2 heterocycles. The molecule has 0 saturated carbocycles. The Morgan fingerprint density at radius 3 is 1.82 bits per heavy atom. The van der Waals surface area contributed by atoms with Crippen LogP contribution in [0.4, 0.5) is 0 Å². The largest absolute Gasteiger partial charge is 0.389 e. The highest BCUT2D eigenvalue weighted by molar-refractivity contribution is 8.01. The van der Waals surface area contributed by atoms with Crippen molar-refractivity contribution >= 4 is 23.4 Å². The van der Waals surface area contributed by atoms with Crippen LogP contribution in [-0.2, 0) is 14.4 Å². The van der Waals surface area contributed by atoms with Gasteiger partial charge in [-0.1, -0.05) is 96.2 Å². The van der Waals surface area contributed by atoms with Gasteiger partial charge in [-0.05, 0) is 23.6 Å². The smallest absolute Gasteiger partial charge is 0.229 e. The van der Waals surface area contributed by atoms with Crippen LogP contribution in [0.25, 0.3) is 0 Å². The summed E-state index contributed by atoms with van der Waals surface area (Å²) in [5.41, 5.74) is 4.16. The van der Waals surface area contributed by atoms with Crippen LogP contribution in [0.1, 0.15) is 30.0 Å². The molecule has 0 bridgehead atoms. The molecule has 1 saturated heterocycles. The van der Waals surface area contributed by atoms with E-state index in [1.54, 1.807) is 11.8 Å². The number of hydrogen-bond acceptors (Lipinski definition) is 5. The monoisotopic (exact) mass is 458 g/mol. The predicted octanol–water partition coefficient (Wildman–Crippen LogP) is 4.31. The van der Waals surface area contributed by atoms with E-state index in [9.17, 15) is 9.90 Å². The third-order valence-electron chi connectivity index (χ3n) is 6.35. The van der Waals surface area contributed by atoms with Crippen LogP contribution >= 0.6 is 11.8 Å². The van der Waals surface area contributed by atoms with Gasteiger partial charge in [0.2, 0.25) is 5.91 Å². The number of nitrogens with one attached hydrogen (secondary N) is 1. The first-order chi connectivity index (χ1) is 16.1. The van der Waals surface area contributed by atoms with Gasteiger partial charge < -0.3 is 15.3 Å². The lowest BCUT2D eigenvalue weighted by molar-refractivity contribution is -0.143. The van der Waals surface area contributed by atoms with Gasteiger partial charge in [0.25, 0.3) is 0 Å². The Bertz CT molecular complexity index is 1040. The molecule has 5 nitrogen and oxygen atoms in total. The Kier molecular flexibility index (Phi) is 5.96. The number of thioether (sulfide) groups is 1. The van der Waals surface area contributed by atoms with Gasteiger partial charge in [-0.3, -0.25) is 4.79 Å². The molecule has 0 aliphatic carbocycles. The molecule has 168 valence electrons. The minimum absolute atomic E-state index is 0.156. The van der Waals surface area contributed by atoms with Crippen molar-refractivity contribution in [2.24, 2.45) is 11.1 Å². The summed E-state index contributed by atoms with van der Waals surface area (Å²) in [6.45, 7) is 1.87. The van der Waals surface area contributed by atoms with E-state index in [1.807, 2.05) is 61.5 Å². The van der Waals surface area contributed by atoms with Crippen molar-refractivity contribution < 1.29 is 14.7 Å². The number of aliphatic hydroxyl groups excluding tert-OH is 1.